The topological polar surface area (TPSA) is 20.3 Å². The van der Waals surface area contributed by atoms with Crippen LogP contribution < -0.4 is 0 Å². The SMILES string of the molecule is CC(C(=O)c1ccc(Cl)cc1)N(C)Cc1ccc(F)cc1. The first-order valence-corrected chi connectivity index (χ1v) is 7.09. The summed E-state index contributed by atoms with van der Waals surface area (Å²) in [6.07, 6.45) is 0. The van der Waals surface area contributed by atoms with Crippen LogP contribution in [0.3, 0.4) is 0 Å². The van der Waals surface area contributed by atoms with Gasteiger partial charge < -0.3 is 0 Å². The molecule has 0 aliphatic rings. The van der Waals surface area contributed by atoms with E-state index in [1.54, 1.807) is 36.4 Å². The lowest BCUT2D eigenvalue weighted by atomic mass is 10.0. The molecule has 110 valence electrons. The van der Waals surface area contributed by atoms with Crippen LogP contribution in [-0.4, -0.2) is 23.8 Å². The first-order chi connectivity index (χ1) is 9.97. The molecule has 0 saturated carbocycles. The molecule has 0 aromatic heterocycles. The highest BCUT2D eigenvalue weighted by atomic mass is 35.5. The predicted molar refractivity (Wildman–Crippen MR) is 83.1 cm³/mol. The summed E-state index contributed by atoms with van der Waals surface area (Å²) in [4.78, 5) is 14.3. The fourth-order valence-corrected chi connectivity index (χ4v) is 2.20. The van der Waals surface area contributed by atoms with Crippen LogP contribution in [-0.2, 0) is 6.54 Å². The molecule has 0 bridgehead atoms. The van der Waals surface area contributed by atoms with Crippen molar-refractivity contribution in [3.63, 3.8) is 0 Å². The average molecular weight is 306 g/mol. The van der Waals surface area contributed by atoms with Gasteiger partial charge in [0, 0.05) is 17.1 Å². The van der Waals surface area contributed by atoms with Gasteiger partial charge in [-0.05, 0) is 55.9 Å². The number of hydrogen-bond donors (Lipinski definition) is 0. The minimum Gasteiger partial charge on any atom is -0.292 e. The number of likely N-dealkylation sites (N-methyl/N-ethyl adjacent to an activating group) is 1. The zero-order valence-electron chi connectivity index (χ0n) is 12.0. The van der Waals surface area contributed by atoms with E-state index in [9.17, 15) is 9.18 Å². The third kappa shape index (κ3) is 4.13. The molecular formula is C17H17ClFNO. The van der Waals surface area contributed by atoms with Gasteiger partial charge in [-0.25, -0.2) is 4.39 Å². The molecule has 0 amide bonds. The fourth-order valence-electron chi connectivity index (χ4n) is 2.07. The number of hydrogen-bond acceptors (Lipinski definition) is 2. The third-order valence-corrected chi connectivity index (χ3v) is 3.77. The van der Waals surface area contributed by atoms with E-state index >= 15 is 0 Å². The summed E-state index contributed by atoms with van der Waals surface area (Å²) in [5.41, 5.74) is 1.60. The first-order valence-electron chi connectivity index (χ1n) is 6.72. The molecule has 0 aliphatic carbocycles. The maximum Gasteiger partial charge on any atom is 0.179 e. The second-order valence-electron chi connectivity index (χ2n) is 5.09. The van der Waals surface area contributed by atoms with Gasteiger partial charge in [-0.1, -0.05) is 23.7 Å². The molecule has 1 atom stereocenters. The number of nitrogens with zero attached hydrogens (tertiary/aromatic N) is 1. The third-order valence-electron chi connectivity index (χ3n) is 3.51. The molecule has 2 rings (SSSR count). The van der Waals surface area contributed by atoms with E-state index in [2.05, 4.69) is 0 Å². The molecule has 0 heterocycles. The zero-order valence-corrected chi connectivity index (χ0v) is 12.8. The Labute approximate surface area is 129 Å². The molecule has 0 saturated heterocycles. The summed E-state index contributed by atoms with van der Waals surface area (Å²) < 4.78 is 12.9. The Bertz CT molecular complexity index is 610. The van der Waals surface area contributed by atoms with E-state index in [-0.39, 0.29) is 17.6 Å². The van der Waals surface area contributed by atoms with Gasteiger partial charge in [-0.15, -0.1) is 0 Å². The lowest BCUT2D eigenvalue weighted by Gasteiger charge is -2.23. The van der Waals surface area contributed by atoms with Crippen LogP contribution in [0.25, 0.3) is 0 Å². The molecule has 2 nitrogen and oxygen atoms in total. The van der Waals surface area contributed by atoms with E-state index in [0.717, 1.165) is 5.56 Å². The summed E-state index contributed by atoms with van der Waals surface area (Å²) in [6.45, 7) is 2.45. The molecule has 21 heavy (non-hydrogen) atoms. The lowest BCUT2D eigenvalue weighted by Crippen LogP contribution is -2.35. The minimum absolute atomic E-state index is 0.0382. The molecular weight excluding hydrogens is 289 g/mol. The van der Waals surface area contributed by atoms with Crippen LogP contribution in [0.5, 0.6) is 0 Å². The van der Waals surface area contributed by atoms with Gasteiger partial charge in [0.1, 0.15) is 5.82 Å². The number of halogens is 2. The van der Waals surface area contributed by atoms with Gasteiger partial charge in [-0.2, -0.15) is 0 Å². The van der Waals surface area contributed by atoms with Gasteiger partial charge >= 0.3 is 0 Å². The van der Waals surface area contributed by atoms with Crippen LogP contribution >= 0.6 is 11.6 Å². The van der Waals surface area contributed by atoms with Crippen molar-refractivity contribution < 1.29 is 9.18 Å². The zero-order chi connectivity index (χ0) is 15.4. The molecule has 1 unspecified atom stereocenters. The van der Waals surface area contributed by atoms with Gasteiger partial charge in [0.15, 0.2) is 5.78 Å². The smallest absolute Gasteiger partial charge is 0.179 e. The van der Waals surface area contributed by atoms with E-state index in [4.69, 9.17) is 11.6 Å². The van der Waals surface area contributed by atoms with Crippen molar-refractivity contribution in [2.45, 2.75) is 19.5 Å². The Morgan fingerprint density at radius 2 is 1.71 bits per heavy atom. The highest BCUT2D eigenvalue weighted by Crippen LogP contribution is 2.14. The summed E-state index contributed by atoms with van der Waals surface area (Å²) in [5, 5.41) is 0.610. The molecule has 0 aliphatic heterocycles. The molecule has 2 aromatic rings. The van der Waals surface area contributed by atoms with Gasteiger partial charge in [-0.3, -0.25) is 9.69 Å². The van der Waals surface area contributed by atoms with Gasteiger partial charge in [0.05, 0.1) is 6.04 Å². The van der Waals surface area contributed by atoms with Crippen molar-refractivity contribution >= 4 is 17.4 Å². The quantitative estimate of drug-likeness (QED) is 0.772. The van der Waals surface area contributed by atoms with E-state index in [1.807, 2.05) is 18.9 Å². The molecule has 0 N–H and O–H groups in total. The molecule has 0 radical (unpaired) electrons. The number of carbonyl (C=O) groups is 1. The molecule has 0 spiro atoms. The van der Waals surface area contributed by atoms with E-state index < -0.39 is 0 Å². The summed E-state index contributed by atoms with van der Waals surface area (Å²) in [5.74, 6) is -0.219. The summed E-state index contributed by atoms with van der Waals surface area (Å²) >= 11 is 5.83. The first kappa shape index (κ1) is 15.7. The van der Waals surface area contributed by atoms with Gasteiger partial charge in [0.2, 0.25) is 0 Å². The van der Waals surface area contributed by atoms with Crippen molar-refractivity contribution in [3.05, 3.63) is 70.5 Å². The van der Waals surface area contributed by atoms with Gasteiger partial charge in [0.25, 0.3) is 0 Å². The largest absolute Gasteiger partial charge is 0.292 e. The maximum absolute atomic E-state index is 12.9. The maximum atomic E-state index is 12.9. The Balaban J connectivity index is 2.04. The van der Waals surface area contributed by atoms with Crippen molar-refractivity contribution in [1.29, 1.82) is 0 Å². The minimum atomic E-state index is -0.267. The Morgan fingerprint density at radius 3 is 2.29 bits per heavy atom. The summed E-state index contributed by atoms with van der Waals surface area (Å²) in [6, 6.07) is 12.9. The Hall–Kier alpha value is -1.71. The van der Waals surface area contributed by atoms with E-state index in [0.29, 0.717) is 17.1 Å². The van der Waals surface area contributed by atoms with E-state index in [1.165, 1.54) is 12.1 Å². The van der Waals surface area contributed by atoms with Crippen molar-refractivity contribution in [2.24, 2.45) is 0 Å². The number of ketones is 1. The standard InChI is InChI=1S/C17H17ClFNO/c1-12(17(21)14-5-7-15(18)8-6-14)20(2)11-13-3-9-16(19)10-4-13/h3-10,12H,11H2,1-2H3. The lowest BCUT2D eigenvalue weighted by molar-refractivity contribution is 0.0862. The summed E-state index contributed by atoms with van der Waals surface area (Å²) in [7, 11) is 1.88. The van der Waals surface area contributed by atoms with Crippen LogP contribution in [0.1, 0.15) is 22.8 Å². The average Bonchev–Trinajstić information content (AvgIpc) is 2.49. The van der Waals surface area contributed by atoms with Crippen molar-refractivity contribution in [3.8, 4) is 0 Å². The predicted octanol–water partition coefficient (Wildman–Crippen LogP) is 4.18. The number of rotatable bonds is 5. The van der Waals surface area contributed by atoms with Crippen molar-refractivity contribution in [2.75, 3.05) is 7.05 Å². The Kier molecular flexibility index (Phi) is 5.10. The molecule has 2 aromatic carbocycles. The van der Waals surface area contributed by atoms with Crippen LogP contribution in [0.4, 0.5) is 4.39 Å². The Morgan fingerprint density at radius 1 is 1.14 bits per heavy atom. The second-order valence-corrected chi connectivity index (χ2v) is 5.53. The van der Waals surface area contributed by atoms with Crippen LogP contribution in [0.15, 0.2) is 48.5 Å². The molecule has 0 fully saturated rings. The number of Topliss-reactive ketones (excluding diaryl/α,β-unsaturated/α-hetero) is 1. The number of benzene rings is 2. The van der Waals surface area contributed by atoms with Crippen molar-refractivity contribution in [1.82, 2.24) is 4.90 Å². The van der Waals surface area contributed by atoms with Crippen LogP contribution in [0.2, 0.25) is 5.02 Å². The monoisotopic (exact) mass is 305 g/mol. The second kappa shape index (κ2) is 6.83. The normalized spacial score (nSPS) is 12.4. The fraction of sp³-hybridized carbons (Fsp3) is 0.235. The highest BCUT2D eigenvalue weighted by molar-refractivity contribution is 6.30. The van der Waals surface area contributed by atoms with Crippen LogP contribution in [0, 0.1) is 5.82 Å². The highest BCUT2D eigenvalue weighted by Gasteiger charge is 2.19. The number of carbonyl (C=O) groups excluding carboxylic acids is 1. The molecule has 4 heteroatoms.